The van der Waals surface area contributed by atoms with Crippen LogP contribution < -0.4 is 10.6 Å². The summed E-state index contributed by atoms with van der Waals surface area (Å²) in [5, 5.41) is 20.0. The van der Waals surface area contributed by atoms with Crippen molar-refractivity contribution in [2.45, 2.75) is 0 Å². The van der Waals surface area contributed by atoms with Crippen molar-refractivity contribution >= 4 is 45.7 Å². The maximum atomic E-state index is 14.0. The molecule has 3 aromatic carbocycles. The highest BCUT2D eigenvalue weighted by molar-refractivity contribution is 6.31. The van der Waals surface area contributed by atoms with Crippen molar-refractivity contribution in [2.75, 3.05) is 10.6 Å². The van der Waals surface area contributed by atoms with Crippen LogP contribution in [0.4, 0.5) is 20.2 Å². The first-order chi connectivity index (χ1) is 16.9. The first-order valence-corrected chi connectivity index (χ1v) is 10.5. The Bertz CT molecular complexity index is 1580. The van der Waals surface area contributed by atoms with Crippen molar-refractivity contribution in [3.8, 4) is 11.4 Å². The SMILES string of the molecule is O=C(Nc1ccc(Cl)cc1-c1nnn[nH]1)c1cc2cccc(NC(=O)c3ccc(F)cc3F)c2[nH]1. The van der Waals surface area contributed by atoms with Crippen molar-refractivity contribution in [1.29, 1.82) is 0 Å². The van der Waals surface area contributed by atoms with E-state index in [1.807, 2.05) is 0 Å². The van der Waals surface area contributed by atoms with Gasteiger partial charge in [-0.15, -0.1) is 5.10 Å². The molecule has 0 aliphatic carbocycles. The molecule has 0 aliphatic rings. The lowest BCUT2D eigenvalue weighted by molar-refractivity contribution is 0.101. The molecule has 9 nitrogen and oxygen atoms in total. The number of H-pyrrole nitrogens is 2. The monoisotopic (exact) mass is 493 g/mol. The van der Waals surface area contributed by atoms with Gasteiger partial charge in [-0.05, 0) is 52.9 Å². The number of hydrogen-bond donors (Lipinski definition) is 4. The highest BCUT2D eigenvalue weighted by Crippen LogP contribution is 2.29. The number of para-hydroxylation sites is 1. The summed E-state index contributed by atoms with van der Waals surface area (Å²) in [7, 11) is 0. The Morgan fingerprint density at radius 1 is 0.914 bits per heavy atom. The lowest BCUT2D eigenvalue weighted by Gasteiger charge is -2.09. The standard InChI is InChI=1S/C23H14ClF2N7O2/c24-12-4-7-17(15(9-12)21-30-32-33-31-21)28-23(35)19-8-11-2-1-3-18(20(11)27-19)29-22(34)14-6-5-13(25)10-16(14)26/h1-10,27H,(H,28,35)(H,29,34)(H,30,31,32,33). The second-order valence-electron chi connectivity index (χ2n) is 7.42. The normalized spacial score (nSPS) is 10.9. The minimum absolute atomic E-state index is 0.200. The van der Waals surface area contributed by atoms with E-state index >= 15 is 0 Å². The quantitative estimate of drug-likeness (QED) is 0.280. The first kappa shape index (κ1) is 22.2. The third-order valence-corrected chi connectivity index (χ3v) is 5.39. The molecule has 0 atom stereocenters. The van der Waals surface area contributed by atoms with Crippen LogP contribution in [0.5, 0.6) is 0 Å². The van der Waals surface area contributed by atoms with Crippen LogP contribution in [0, 0.1) is 11.6 Å². The van der Waals surface area contributed by atoms with Crippen LogP contribution >= 0.6 is 11.6 Å². The molecule has 0 fully saturated rings. The Labute approximate surface area is 200 Å². The average Bonchev–Trinajstić information content (AvgIpc) is 3.51. The summed E-state index contributed by atoms with van der Waals surface area (Å²) < 4.78 is 27.2. The van der Waals surface area contributed by atoms with Crippen LogP contribution in [0.3, 0.4) is 0 Å². The van der Waals surface area contributed by atoms with E-state index in [0.29, 0.717) is 44.8 Å². The number of amides is 2. The summed E-state index contributed by atoms with van der Waals surface area (Å²) in [5.74, 6) is -2.69. The summed E-state index contributed by atoms with van der Waals surface area (Å²) in [4.78, 5) is 28.5. The molecule has 35 heavy (non-hydrogen) atoms. The Morgan fingerprint density at radius 3 is 2.51 bits per heavy atom. The highest BCUT2D eigenvalue weighted by atomic mass is 35.5. The maximum Gasteiger partial charge on any atom is 0.272 e. The van der Waals surface area contributed by atoms with Gasteiger partial charge in [0.25, 0.3) is 11.8 Å². The largest absolute Gasteiger partial charge is 0.349 e. The molecule has 174 valence electrons. The van der Waals surface area contributed by atoms with Gasteiger partial charge in [-0.2, -0.15) is 0 Å². The predicted molar refractivity (Wildman–Crippen MR) is 125 cm³/mol. The van der Waals surface area contributed by atoms with E-state index in [1.165, 1.54) is 0 Å². The molecule has 2 aromatic heterocycles. The summed E-state index contributed by atoms with van der Waals surface area (Å²) in [6, 6.07) is 14.1. The molecule has 0 bridgehead atoms. The van der Waals surface area contributed by atoms with Gasteiger partial charge in [0.2, 0.25) is 0 Å². The van der Waals surface area contributed by atoms with Crippen molar-refractivity contribution in [3.63, 3.8) is 0 Å². The second-order valence-corrected chi connectivity index (χ2v) is 7.86. The molecule has 0 saturated carbocycles. The van der Waals surface area contributed by atoms with Crippen molar-refractivity contribution in [3.05, 3.63) is 88.6 Å². The van der Waals surface area contributed by atoms with Crippen LogP contribution in [0.25, 0.3) is 22.3 Å². The average molecular weight is 494 g/mol. The topological polar surface area (TPSA) is 128 Å². The fourth-order valence-electron chi connectivity index (χ4n) is 3.53. The molecule has 2 amide bonds. The summed E-state index contributed by atoms with van der Waals surface area (Å²) in [6.07, 6.45) is 0. The Hall–Kier alpha value is -4.64. The van der Waals surface area contributed by atoms with Gasteiger partial charge in [-0.3, -0.25) is 9.59 Å². The number of aromatic nitrogens is 5. The molecule has 12 heteroatoms. The van der Waals surface area contributed by atoms with Gasteiger partial charge in [0.05, 0.1) is 22.5 Å². The number of hydrogen-bond acceptors (Lipinski definition) is 5. The molecule has 2 heterocycles. The van der Waals surface area contributed by atoms with E-state index in [4.69, 9.17) is 11.6 Å². The molecule has 5 rings (SSSR count). The van der Waals surface area contributed by atoms with E-state index in [0.717, 1.165) is 12.1 Å². The minimum atomic E-state index is -0.984. The van der Waals surface area contributed by atoms with Gasteiger partial charge in [0.1, 0.15) is 17.3 Å². The molecular formula is C23H14ClF2N7O2. The Morgan fingerprint density at radius 2 is 1.74 bits per heavy atom. The van der Waals surface area contributed by atoms with Gasteiger partial charge < -0.3 is 15.6 Å². The predicted octanol–water partition coefficient (Wildman–Crippen LogP) is 4.78. The molecule has 5 aromatic rings. The van der Waals surface area contributed by atoms with Crippen LogP contribution in [0.2, 0.25) is 5.02 Å². The number of rotatable bonds is 5. The van der Waals surface area contributed by atoms with Gasteiger partial charge in [0, 0.05) is 22.0 Å². The zero-order chi connectivity index (χ0) is 24.5. The molecule has 0 spiro atoms. The van der Waals surface area contributed by atoms with Crippen LogP contribution in [0.15, 0.2) is 60.7 Å². The Kier molecular flexibility index (Phi) is 5.67. The molecule has 0 saturated heterocycles. The third-order valence-electron chi connectivity index (χ3n) is 5.16. The lowest BCUT2D eigenvalue weighted by atomic mass is 10.1. The molecular weight excluding hydrogens is 480 g/mol. The third kappa shape index (κ3) is 4.44. The molecule has 4 N–H and O–H groups in total. The fraction of sp³-hybridized carbons (Fsp3) is 0. The minimum Gasteiger partial charge on any atom is -0.349 e. The zero-order valence-corrected chi connectivity index (χ0v) is 18.3. The van der Waals surface area contributed by atoms with Crippen LogP contribution in [-0.4, -0.2) is 37.4 Å². The van der Waals surface area contributed by atoms with Crippen LogP contribution in [-0.2, 0) is 0 Å². The van der Waals surface area contributed by atoms with Crippen molar-refractivity contribution in [2.24, 2.45) is 0 Å². The zero-order valence-electron chi connectivity index (χ0n) is 17.6. The number of benzene rings is 3. The van der Waals surface area contributed by atoms with E-state index in [1.54, 1.807) is 42.5 Å². The van der Waals surface area contributed by atoms with E-state index in [2.05, 4.69) is 36.2 Å². The maximum absolute atomic E-state index is 14.0. The number of anilines is 2. The number of halogens is 3. The van der Waals surface area contributed by atoms with Gasteiger partial charge in [0.15, 0.2) is 5.82 Å². The summed E-state index contributed by atoms with van der Waals surface area (Å²) in [6.45, 7) is 0. The summed E-state index contributed by atoms with van der Waals surface area (Å²) >= 11 is 6.08. The number of tetrazole rings is 1. The second kappa shape index (κ2) is 8.95. The molecule has 0 unspecified atom stereocenters. The number of fused-ring (bicyclic) bond motifs is 1. The van der Waals surface area contributed by atoms with E-state index < -0.39 is 23.4 Å². The number of nitrogens with zero attached hydrogens (tertiary/aromatic N) is 3. The highest BCUT2D eigenvalue weighted by Gasteiger charge is 2.18. The van der Waals surface area contributed by atoms with E-state index in [-0.39, 0.29) is 11.3 Å². The number of carbonyl (C=O) groups excluding carboxylic acids is 2. The number of nitrogens with one attached hydrogen (secondary N) is 4. The number of aromatic amines is 2. The smallest absolute Gasteiger partial charge is 0.272 e. The molecule has 0 radical (unpaired) electrons. The van der Waals surface area contributed by atoms with Crippen LogP contribution in [0.1, 0.15) is 20.8 Å². The van der Waals surface area contributed by atoms with Gasteiger partial charge in [-0.1, -0.05) is 23.7 Å². The first-order valence-electron chi connectivity index (χ1n) is 10.1. The summed E-state index contributed by atoms with van der Waals surface area (Å²) in [5.41, 5.74) is 1.55. The van der Waals surface area contributed by atoms with Crippen molar-refractivity contribution in [1.82, 2.24) is 25.6 Å². The van der Waals surface area contributed by atoms with Gasteiger partial charge in [-0.25, -0.2) is 13.9 Å². The van der Waals surface area contributed by atoms with Gasteiger partial charge >= 0.3 is 0 Å². The lowest BCUT2D eigenvalue weighted by Crippen LogP contribution is -2.14. The molecule has 0 aliphatic heterocycles. The van der Waals surface area contributed by atoms with E-state index in [9.17, 15) is 18.4 Å². The fourth-order valence-corrected chi connectivity index (χ4v) is 3.70. The van der Waals surface area contributed by atoms with Crippen molar-refractivity contribution < 1.29 is 18.4 Å². The number of carbonyl (C=O) groups is 2. The Balaban J connectivity index is 1.43.